The Labute approximate surface area is 144 Å². The van der Waals surface area contributed by atoms with Crippen molar-refractivity contribution in [1.82, 2.24) is 15.1 Å². The molecule has 1 N–H and O–H groups in total. The molecule has 0 aliphatic carbocycles. The van der Waals surface area contributed by atoms with E-state index in [-0.39, 0.29) is 5.91 Å². The lowest BCUT2D eigenvalue weighted by molar-refractivity contribution is -0.122. The Morgan fingerprint density at radius 3 is 2.62 bits per heavy atom. The van der Waals surface area contributed by atoms with Crippen LogP contribution in [0.1, 0.15) is 12.0 Å². The maximum absolute atomic E-state index is 12.1. The fourth-order valence-electron chi connectivity index (χ4n) is 3.08. The number of hydrogen-bond donors (Lipinski definition) is 1. The highest BCUT2D eigenvalue weighted by atomic mass is 16.5. The quantitative estimate of drug-likeness (QED) is 0.767. The highest BCUT2D eigenvalue weighted by Gasteiger charge is 2.30. The Morgan fingerprint density at radius 2 is 2.04 bits per heavy atom. The molecule has 2 rings (SSSR count). The monoisotopic (exact) mass is 335 g/mol. The van der Waals surface area contributed by atoms with Crippen LogP contribution in [0.5, 0.6) is 5.75 Å². The van der Waals surface area contributed by atoms with Crippen LogP contribution < -0.4 is 10.1 Å². The van der Waals surface area contributed by atoms with Gasteiger partial charge in [0.25, 0.3) is 0 Å². The first kappa shape index (κ1) is 18.7. The second kappa shape index (κ2) is 9.01. The maximum atomic E-state index is 12.1. The summed E-state index contributed by atoms with van der Waals surface area (Å²) in [6.07, 6.45) is 1.32. The number of carbonyl (C=O) groups is 1. The van der Waals surface area contributed by atoms with Crippen molar-refractivity contribution in [1.29, 1.82) is 0 Å². The van der Waals surface area contributed by atoms with Gasteiger partial charge in [-0.2, -0.15) is 0 Å². The number of methoxy groups -OCH3 is 2. The van der Waals surface area contributed by atoms with Gasteiger partial charge < -0.3 is 14.8 Å². The Hall–Kier alpha value is -1.63. The minimum absolute atomic E-state index is 0.0391. The van der Waals surface area contributed by atoms with Crippen LogP contribution in [-0.4, -0.2) is 75.8 Å². The smallest absolute Gasteiger partial charge is 0.234 e. The van der Waals surface area contributed by atoms with Crippen molar-refractivity contribution in [2.75, 3.05) is 47.9 Å². The van der Waals surface area contributed by atoms with Gasteiger partial charge in [-0.15, -0.1) is 0 Å². The van der Waals surface area contributed by atoms with E-state index in [1.807, 2.05) is 31.3 Å². The third-order valence-corrected chi connectivity index (χ3v) is 4.57. The van der Waals surface area contributed by atoms with Gasteiger partial charge >= 0.3 is 0 Å². The fourth-order valence-corrected chi connectivity index (χ4v) is 3.08. The molecule has 2 atom stereocenters. The number of nitrogens with one attached hydrogen (secondary N) is 1. The molecule has 1 aliphatic rings. The third-order valence-electron chi connectivity index (χ3n) is 4.57. The van der Waals surface area contributed by atoms with Crippen LogP contribution in [0.3, 0.4) is 0 Å². The van der Waals surface area contributed by atoms with E-state index in [9.17, 15) is 4.79 Å². The van der Waals surface area contributed by atoms with Crippen molar-refractivity contribution in [2.24, 2.45) is 0 Å². The van der Waals surface area contributed by atoms with Gasteiger partial charge in [0.2, 0.25) is 5.91 Å². The number of hydrogen-bond acceptors (Lipinski definition) is 5. The summed E-state index contributed by atoms with van der Waals surface area (Å²) in [5.41, 5.74) is 1.06. The number of benzene rings is 1. The Balaban J connectivity index is 1.71. The van der Waals surface area contributed by atoms with E-state index in [2.05, 4.69) is 22.2 Å². The van der Waals surface area contributed by atoms with Crippen LogP contribution in [-0.2, 0) is 16.1 Å². The van der Waals surface area contributed by atoms with E-state index in [0.717, 1.165) is 30.8 Å². The zero-order valence-electron chi connectivity index (χ0n) is 15.1. The molecule has 0 spiro atoms. The predicted octanol–water partition coefficient (Wildman–Crippen LogP) is 0.962. The first-order valence-electron chi connectivity index (χ1n) is 8.33. The first-order valence-corrected chi connectivity index (χ1v) is 8.33. The summed E-state index contributed by atoms with van der Waals surface area (Å²) in [4.78, 5) is 16.5. The second-order valence-corrected chi connectivity index (χ2v) is 6.51. The molecule has 1 aromatic rings. The number of carbonyl (C=O) groups excluding carboxylic acids is 1. The van der Waals surface area contributed by atoms with Gasteiger partial charge in [-0.25, -0.2) is 0 Å². The van der Waals surface area contributed by atoms with Crippen LogP contribution in [0.4, 0.5) is 0 Å². The molecule has 1 saturated heterocycles. The Bertz CT molecular complexity index is 521. The number of nitrogens with zero attached hydrogens (tertiary/aromatic N) is 2. The molecular formula is C18H29N3O3. The van der Waals surface area contributed by atoms with E-state index in [4.69, 9.17) is 9.47 Å². The molecule has 24 heavy (non-hydrogen) atoms. The molecule has 0 saturated carbocycles. The summed E-state index contributed by atoms with van der Waals surface area (Å²) in [6, 6.07) is 8.16. The molecular weight excluding hydrogens is 306 g/mol. The molecule has 6 nitrogen and oxygen atoms in total. The molecule has 6 heteroatoms. The predicted molar refractivity (Wildman–Crippen MR) is 94.2 cm³/mol. The van der Waals surface area contributed by atoms with Gasteiger partial charge in [0.05, 0.1) is 19.8 Å². The molecule has 134 valence electrons. The summed E-state index contributed by atoms with van der Waals surface area (Å²) >= 11 is 0. The van der Waals surface area contributed by atoms with E-state index in [1.165, 1.54) is 0 Å². The largest absolute Gasteiger partial charge is 0.497 e. The van der Waals surface area contributed by atoms with Crippen molar-refractivity contribution in [3.05, 3.63) is 29.8 Å². The van der Waals surface area contributed by atoms with Crippen molar-refractivity contribution in [3.8, 4) is 5.75 Å². The van der Waals surface area contributed by atoms with Crippen LogP contribution in [0, 0.1) is 0 Å². The zero-order chi connectivity index (χ0) is 17.5. The number of ether oxygens (including phenoxy) is 2. The van der Waals surface area contributed by atoms with Crippen LogP contribution in [0.2, 0.25) is 0 Å². The molecule has 1 heterocycles. The lowest BCUT2D eigenvalue weighted by atomic mass is 10.2. The highest BCUT2D eigenvalue weighted by molar-refractivity contribution is 5.77. The van der Waals surface area contributed by atoms with Gasteiger partial charge in [-0.3, -0.25) is 14.6 Å². The zero-order valence-corrected chi connectivity index (χ0v) is 15.1. The summed E-state index contributed by atoms with van der Waals surface area (Å²) in [5, 5.41) is 2.96. The van der Waals surface area contributed by atoms with Crippen molar-refractivity contribution in [2.45, 2.75) is 25.1 Å². The number of likely N-dealkylation sites (tertiary alicyclic amines) is 1. The van der Waals surface area contributed by atoms with Crippen LogP contribution in [0.25, 0.3) is 0 Å². The van der Waals surface area contributed by atoms with E-state index >= 15 is 0 Å². The van der Waals surface area contributed by atoms with Gasteiger partial charge in [0.15, 0.2) is 0 Å². The summed E-state index contributed by atoms with van der Waals surface area (Å²) < 4.78 is 10.6. The number of rotatable bonds is 8. The first-order chi connectivity index (χ1) is 11.5. The SMILES string of the molecule is COc1ccc(CNC(=O)CN(C)C[C@@H]2C[C@H](OC)CN2C)cc1. The Kier molecular flexibility index (Phi) is 7.02. The minimum Gasteiger partial charge on any atom is -0.497 e. The molecule has 0 unspecified atom stereocenters. The van der Waals surface area contributed by atoms with Gasteiger partial charge in [0, 0.05) is 32.8 Å². The number of amides is 1. The van der Waals surface area contributed by atoms with Crippen molar-refractivity contribution >= 4 is 5.91 Å². The second-order valence-electron chi connectivity index (χ2n) is 6.51. The van der Waals surface area contributed by atoms with Gasteiger partial charge in [-0.1, -0.05) is 12.1 Å². The molecule has 1 fully saturated rings. The number of likely N-dealkylation sites (N-methyl/N-ethyl adjacent to an activating group) is 2. The fraction of sp³-hybridized carbons (Fsp3) is 0.611. The molecule has 1 aromatic carbocycles. The highest BCUT2D eigenvalue weighted by Crippen LogP contribution is 2.18. The average molecular weight is 335 g/mol. The summed E-state index contributed by atoms with van der Waals surface area (Å²) in [5.74, 6) is 0.858. The van der Waals surface area contributed by atoms with Crippen molar-refractivity contribution in [3.63, 3.8) is 0 Å². The standard InChI is InChI=1S/C18H29N3O3/c1-20(11-15-9-17(24-4)12-21(15)2)13-18(22)19-10-14-5-7-16(23-3)8-6-14/h5-8,15,17H,9-13H2,1-4H3,(H,19,22)/t15-,17-/m0/s1. The molecule has 0 aromatic heterocycles. The van der Waals surface area contributed by atoms with E-state index < -0.39 is 0 Å². The molecule has 0 radical (unpaired) electrons. The van der Waals surface area contributed by atoms with Crippen LogP contribution >= 0.6 is 0 Å². The molecule has 1 aliphatic heterocycles. The lowest BCUT2D eigenvalue weighted by Gasteiger charge is -2.25. The average Bonchev–Trinajstić information content (AvgIpc) is 2.93. The molecule has 1 amide bonds. The third kappa shape index (κ3) is 5.47. The lowest BCUT2D eigenvalue weighted by Crippen LogP contribution is -2.41. The Morgan fingerprint density at radius 1 is 1.33 bits per heavy atom. The van der Waals surface area contributed by atoms with Crippen LogP contribution in [0.15, 0.2) is 24.3 Å². The van der Waals surface area contributed by atoms with Crippen molar-refractivity contribution < 1.29 is 14.3 Å². The topological polar surface area (TPSA) is 54.0 Å². The normalized spacial score (nSPS) is 21.2. The summed E-state index contributed by atoms with van der Waals surface area (Å²) in [7, 11) is 7.50. The summed E-state index contributed by atoms with van der Waals surface area (Å²) in [6.45, 7) is 2.76. The van der Waals surface area contributed by atoms with Gasteiger partial charge in [0.1, 0.15) is 5.75 Å². The van der Waals surface area contributed by atoms with E-state index in [0.29, 0.717) is 25.2 Å². The maximum Gasteiger partial charge on any atom is 0.234 e. The van der Waals surface area contributed by atoms with E-state index in [1.54, 1.807) is 14.2 Å². The minimum atomic E-state index is 0.0391. The van der Waals surface area contributed by atoms with Gasteiger partial charge in [-0.05, 0) is 38.2 Å². The molecule has 0 bridgehead atoms.